The maximum absolute atomic E-state index is 2.49. The summed E-state index contributed by atoms with van der Waals surface area (Å²) in [5, 5.41) is 10.3. The van der Waals surface area contributed by atoms with E-state index in [0.717, 1.165) is 0 Å². The second-order valence-electron chi connectivity index (χ2n) is 14.5. The summed E-state index contributed by atoms with van der Waals surface area (Å²) in [6, 6.07) is 71.2. The van der Waals surface area contributed by atoms with E-state index in [4.69, 9.17) is 0 Å². The fourth-order valence-corrected chi connectivity index (χ4v) is 10.4. The molecular weight excluding hydrogens is 685 g/mol. The Labute approximate surface area is 321 Å². The predicted octanol–water partition coefficient (Wildman–Crippen LogP) is 14.7. The summed E-state index contributed by atoms with van der Waals surface area (Å²) < 4.78 is 7.57. The second-order valence-corrected chi connectivity index (χ2v) is 15.5. The molecule has 0 saturated heterocycles. The first kappa shape index (κ1) is 30.5. The van der Waals surface area contributed by atoms with E-state index < -0.39 is 0 Å². The van der Waals surface area contributed by atoms with E-state index in [1.807, 2.05) is 11.3 Å². The molecule has 2 nitrogen and oxygen atoms in total. The summed E-state index contributed by atoms with van der Waals surface area (Å²) in [5.41, 5.74) is 12.2. The molecule has 0 aliphatic rings. The van der Waals surface area contributed by atoms with Crippen LogP contribution in [0, 0.1) is 0 Å². The molecule has 0 N–H and O–H groups in total. The van der Waals surface area contributed by atoms with Crippen molar-refractivity contribution < 1.29 is 0 Å². The van der Waals surface area contributed by atoms with E-state index in [1.165, 1.54) is 108 Å². The van der Waals surface area contributed by atoms with Gasteiger partial charge in [0.25, 0.3) is 0 Å². The summed E-state index contributed by atoms with van der Waals surface area (Å²) in [7, 11) is 0. The standard InChI is InChI=1S/C52H32N2S/c1-3-14-33(15-4-1)35-18-11-19-36(30-35)53-47-26-10-8-21-42(47)51-48(53)29-28-41-44-31-43-40-20-7-9-25-45(40)54(49(43)32-50(44)55-52(41)51)46-27-13-23-38-37(22-12-24-39(38)46)34-16-5-2-6-17-34/h1-32H. The number of aromatic nitrogens is 2. The Hall–Kier alpha value is -6.94. The molecule has 0 aliphatic heterocycles. The number of fused-ring (bicyclic) bond motifs is 11. The zero-order valence-electron chi connectivity index (χ0n) is 29.8. The van der Waals surface area contributed by atoms with E-state index in [0.29, 0.717) is 0 Å². The quantitative estimate of drug-likeness (QED) is 0.172. The van der Waals surface area contributed by atoms with Gasteiger partial charge in [0, 0.05) is 52.8 Å². The summed E-state index contributed by atoms with van der Waals surface area (Å²) in [6.07, 6.45) is 0. The second kappa shape index (κ2) is 11.8. The minimum absolute atomic E-state index is 1.17. The fourth-order valence-electron chi connectivity index (χ4n) is 9.10. The molecular formula is C52H32N2S. The van der Waals surface area contributed by atoms with Crippen LogP contribution in [0.5, 0.6) is 0 Å². The molecule has 256 valence electrons. The first-order chi connectivity index (χ1) is 27.3. The summed E-state index contributed by atoms with van der Waals surface area (Å²) in [4.78, 5) is 0. The van der Waals surface area contributed by atoms with Gasteiger partial charge in [-0.2, -0.15) is 0 Å². The third-order valence-electron chi connectivity index (χ3n) is 11.5. The molecule has 12 aromatic rings. The van der Waals surface area contributed by atoms with E-state index in [9.17, 15) is 0 Å². The van der Waals surface area contributed by atoms with Gasteiger partial charge in [0.2, 0.25) is 0 Å². The number of para-hydroxylation sites is 2. The molecule has 0 bridgehead atoms. The summed E-state index contributed by atoms with van der Waals surface area (Å²) >= 11 is 1.92. The Morgan fingerprint density at radius 1 is 0.327 bits per heavy atom. The van der Waals surface area contributed by atoms with Gasteiger partial charge in [-0.1, -0.05) is 146 Å². The van der Waals surface area contributed by atoms with E-state index in [1.54, 1.807) is 0 Å². The zero-order valence-corrected chi connectivity index (χ0v) is 30.6. The molecule has 55 heavy (non-hydrogen) atoms. The number of nitrogens with zero attached hydrogens (tertiary/aromatic N) is 2. The molecule has 0 atom stereocenters. The summed E-state index contributed by atoms with van der Waals surface area (Å²) in [5.74, 6) is 0. The molecule has 0 saturated carbocycles. The predicted molar refractivity (Wildman–Crippen MR) is 236 cm³/mol. The molecule has 9 aromatic carbocycles. The topological polar surface area (TPSA) is 9.86 Å². The molecule has 12 rings (SSSR count). The normalized spacial score (nSPS) is 12.0. The maximum Gasteiger partial charge on any atom is 0.0555 e. The molecule has 0 fully saturated rings. The van der Waals surface area contributed by atoms with Crippen molar-refractivity contribution in [3.8, 4) is 33.6 Å². The Balaban J connectivity index is 1.12. The van der Waals surface area contributed by atoms with Crippen molar-refractivity contribution in [2.75, 3.05) is 0 Å². The number of thiophene rings is 1. The number of benzene rings is 9. The van der Waals surface area contributed by atoms with Crippen molar-refractivity contribution in [3.63, 3.8) is 0 Å². The van der Waals surface area contributed by atoms with Crippen LogP contribution < -0.4 is 0 Å². The van der Waals surface area contributed by atoms with Crippen molar-refractivity contribution in [1.82, 2.24) is 9.13 Å². The Bertz CT molecular complexity index is 3470. The minimum atomic E-state index is 1.17. The molecule has 3 heterocycles. The molecule has 0 unspecified atom stereocenters. The van der Waals surface area contributed by atoms with Crippen LogP contribution in [0.3, 0.4) is 0 Å². The highest BCUT2D eigenvalue weighted by Crippen LogP contribution is 2.46. The lowest BCUT2D eigenvalue weighted by Gasteiger charge is -2.14. The van der Waals surface area contributed by atoms with Crippen molar-refractivity contribution in [3.05, 3.63) is 194 Å². The van der Waals surface area contributed by atoms with Crippen LogP contribution in [0.25, 0.3) is 108 Å². The van der Waals surface area contributed by atoms with Gasteiger partial charge in [-0.25, -0.2) is 0 Å². The van der Waals surface area contributed by atoms with Crippen molar-refractivity contribution >= 4 is 85.9 Å². The van der Waals surface area contributed by atoms with Gasteiger partial charge in [-0.05, 0) is 76.2 Å². The van der Waals surface area contributed by atoms with Crippen LogP contribution in [-0.2, 0) is 0 Å². The zero-order chi connectivity index (χ0) is 36.0. The number of hydrogen-bond acceptors (Lipinski definition) is 1. The molecule has 0 amide bonds. The smallest absolute Gasteiger partial charge is 0.0555 e. The van der Waals surface area contributed by atoms with Gasteiger partial charge in [0.1, 0.15) is 0 Å². The lowest BCUT2D eigenvalue weighted by atomic mass is 9.97. The van der Waals surface area contributed by atoms with Crippen molar-refractivity contribution in [2.45, 2.75) is 0 Å². The third kappa shape index (κ3) is 4.48. The van der Waals surface area contributed by atoms with Crippen LogP contribution >= 0.6 is 11.3 Å². The van der Waals surface area contributed by atoms with Gasteiger partial charge in [0.15, 0.2) is 0 Å². The Morgan fingerprint density at radius 3 is 1.82 bits per heavy atom. The lowest BCUT2D eigenvalue weighted by Crippen LogP contribution is -1.95. The van der Waals surface area contributed by atoms with Crippen LogP contribution in [0.15, 0.2) is 194 Å². The van der Waals surface area contributed by atoms with Crippen molar-refractivity contribution in [1.29, 1.82) is 0 Å². The fraction of sp³-hybridized carbons (Fsp3) is 0. The van der Waals surface area contributed by atoms with Gasteiger partial charge < -0.3 is 9.13 Å². The third-order valence-corrected chi connectivity index (χ3v) is 12.7. The Morgan fingerprint density at radius 2 is 0.982 bits per heavy atom. The first-order valence-electron chi connectivity index (χ1n) is 18.9. The minimum Gasteiger partial charge on any atom is -0.309 e. The molecule has 3 aromatic heterocycles. The Kier molecular flexibility index (Phi) is 6.54. The van der Waals surface area contributed by atoms with Crippen molar-refractivity contribution in [2.24, 2.45) is 0 Å². The largest absolute Gasteiger partial charge is 0.309 e. The van der Waals surface area contributed by atoms with Gasteiger partial charge in [-0.15, -0.1) is 11.3 Å². The van der Waals surface area contributed by atoms with Gasteiger partial charge in [-0.3, -0.25) is 0 Å². The monoisotopic (exact) mass is 716 g/mol. The average molecular weight is 717 g/mol. The SMILES string of the molecule is c1ccc(-c2cccc(-n3c4ccccc4c4c5sc6cc7c(cc6c5ccc43)c3ccccc3n7-c3cccc4c(-c5ccccc5)cccc34)c2)cc1. The van der Waals surface area contributed by atoms with Gasteiger partial charge in [0.05, 0.1) is 27.8 Å². The van der Waals surface area contributed by atoms with Crippen LogP contribution in [0.2, 0.25) is 0 Å². The van der Waals surface area contributed by atoms with Gasteiger partial charge >= 0.3 is 0 Å². The lowest BCUT2D eigenvalue weighted by molar-refractivity contribution is 1.18. The van der Waals surface area contributed by atoms with E-state index in [2.05, 4.69) is 203 Å². The van der Waals surface area contributed by atoms with E-state index >= 15 is 0 Å². The molecule has 0 radical (unpaired) electrons. The first-order valence-corrected chi connectivity index (χ1v) is 19.7. The molecule has 0 spiro atoms. The summed E-state index contributed by atoms with van der Waals surface area (Å²) in [6.45, 7) is 0. The molecule has 0 aliphatic carbocycles. The number of rotatable bonds is 4. The highest BCUT2D eigenvalue weighted by atomic mass is 32.1. The van der Waals surface area contributed by atoms with E-state index in [-0.39, 0.29) is 0 Å². The maximum atomic E-state index is 2.49. The molecule has 3 heteroatoms. The van der Waals surface area contributed by atoms with Crippen LogP contribution in [-0.4, -0.2) is 9.13 Å². The highest BCUT2D eigenvalue weighted by Gasteiger charge is 2.21. The van der Waals surface area contributed by atoms with Crippen LogP contribution in [0.4, 0.5) is 0 Å². The van der Waals surface area contributed by atoms with Crippen LogP contribution in [0.1, 0.15) is 0 Å². The highest BCUT2D eigenvalue weighted by molar-refractivity contribution is 7.26. The average Bonchev–Trinajstić information content (AvgIpc) is 3.90. The number of hydrogen-bond donors (Lipinski definition) is 0.